The number of fused-ring (bicyclic) bond motifs is 5. The number of hydrogen-bond acceptors (Lipinski definition) is 4. The first-order chi connectivity index (χ1) is 12.6. The Balaban J connectivity index is 1.88. The van der Waals surface area contributed by atoms with Gasteiger partial charge in [0.2, 0.25) is 0 Å². The number of H-pyrrole nitrogens is 1. The Kier molecular flexibility index (Phi) is 4.54. The lowest BCUT2D eigenvalue weighted by Crippen LogP contribution is -2.39. The van der Waals surface area contributed by atoms with Crippen molar-refractivity contribution >= 4 is 21.6 Å². The van der Waals surface area contributed by atoms with E-state index >= 15 is 0 Å². The van der Waals surface area contributed by atoms with Crippen LogP contribution in [0.5, 0.6) is 0 Å². The summed E-state index contributed by atoms with van der Waals surface area (Å²) >= 11 is 1.55. The van der Waals surface area contributed by atoms with E-state index < -0.39 is 0 Å². The second kappa shape index (κ2) is 6.85. The third-order valence-corrected chi connectivity index (χ3v) is 6.51. The second-order valence-corrected chi connectivity index (χ2v) is 7.78. The van der Waals surface area contributed by atoms with Crippen molar-refractivity contribution in [2.24, 2.45) is 0 Å². The Bertz CT molecular complexity index is 1070. The van der Waals surface area contributed by atoms with Gasteiger partial charge in [-0.05, 0) is 37.1 Å². The quantitative estimate of drug-likeness (QED) is 0.752. The van der Waals surface area contributed by atoms with E-state index in [-0.39, 0.29) is 11.2 Å². The van der Waals surface area contributed by atoms with Crippen LogP contribution in [0.1, 0.15) is 24.3 Å². The number of likely N-dealkylation sites (N-methyl/N-ethyl adjacent to an activating group) is 1. The molecule has 0 saturated carbocycles. The molecule has 4 rings (SSSR count). The van der Waals surface area contributed by atoms with Gasteiger partial charge in [-0.1, -0.05) is 38.1 Å². The third-order valence-electron chi connectivity index (χ3n) is 5.35. The molecule has 26 heavy (non-hydrogen) atoms. The molecule has 0 aliphatic heterocycles. The third kappa shape index (κ3) is 2.73. The first-order valence-electron chi connectivity index (χ1n) is 9.23. The van der Waals surface area contributed by atoms with Gasteiger partial charge in [0, 0.05) is 23.5 Å². The van der Waals surface area contributed by atoms with Crippen LogP contribution < -0.4 is 11.2 Å². The fourth-order valence-corrected chi connectivity index (χ4v) is 5.03. The topological polar surface area (TPSA) is 58.1 Å². The predicted octanol–water partition coefficient (Wildman–Crippen LogP) is 2.86. The average molecular weight is 369 g/mol. The van der Waals surface area contributed by atoms with Gasteiger partial charge < -0.3 is 4.90 Å². The zero-order valence-corrected chi connectivity index (χ0v) is 16.0. The van der Waals surface area contributed by atoms with E-state index in [9.17, 15) is 9.59 Å². The van der Waals surface area contributed by atoms with Crippen LogP contribution in [-0.2, 0) is 19.4 Å². The molecule has 136 valence electrons. The zero-order valence-electron chi connectivity index (χ0n) is 15.2. The minimum atomic E-state index is -0.304. The van der Waals surface area contributed by atoms with Crippen molar-refractivity contribution in [3.8, 4) is 11.1 Å². The number of thiophene rings is 1. The van der Waals surface area contributed by atoms with Gasteiger partial charge in [0.25, 0.3) is 5.56 Å². The molecular weight excluding hydrogens is 346 g/mol. The summed E-state index contributed by atoms with van der Waals surface area (Å²) in [6, 6.07) is 8.28. The van der Waals surface area contributed by atoms with Crippen LogP contribution in [0, 0.1) is 0 Å². The van der Waals surface area contributed by atoms with Crippen LogP contribution >= 0.6 is 11.3 Å². The minimum Gasteiger partial charge on any atom is -0.302 e. The van der Waals surface area contributed by atoms with E-state index in [1.54, 1.807) is 11.3 Å². The zero-order chi connectivity index (χ0) is 18.3. The summed E-state index contributed by atoms with van der Waals surface area (Å²) in [5.74, 6) is 0. The van der Waals surface area contributed by atoms with Crippen LogP contribution in [0.15, 0.2) is 33.9 Å². The molecule has 2 heterocycles. The highest BCUT2D eigenvalue weighted by Gasteiger charge is 2.24. The van der Waals surface area contributed by atoms with Crippen molar-refractivity contribution in [3.63, 3.8) is 0 Å². The molecule has 0 amide bonds. The standard InChI is InChI=1S/C20H23N3O2S/c1-3-22(4-2)11-12-23-19(24)17-16-14-8-6-5-7-13(14)9-10-15(16)26-18(17)21-20(23)25/h5-8H,3-4,9-12H2,1-2H3,(H,21,25). The van der Waals surface area contributed by atoms with Crippen molar-refractivity contribution in [2.75, 3.05) is 19.6 Å². The van der Waals surface area contributed by atoms with Crippen LogP contribution in [0.4, 0.5) is 0 Å². The molecule has 1 aliphatic rings. The Hall–Kier alpha value is -2.18. The highest BCUT2D eigenvalue weighted by Crippen LogP contribution is 2.41. The van der Waals surface area contributed by atoms with E-state index in [0.29, 0.717) is 23.3 Å². The summed E-state index contributed by atoms with van der Waals surface area (Å²) in [5, 5.41) is 0.677. The molecule has 0 atom stereocenters. The largest absolute Gasteiger partial charge is 0.329 e. The van der Waals surface area contributed by atoms with Gasteiger partial charge in [-0.15, -0.1) is 11.3 Å². The van der Waals surface area contributed by atoms with E-state index in [1.165, 1.54) is 15.0 Å². The summed E-state index contributed by atoms with van der Waals surface area (Å²) in [6.45, 7) is 7.11. The molecule has 0 spiro atoms. The van der Waals surface area contributed by atoms with Crippen molar-refractivity contribution in [3.05, 3.63) is 55.5 Å². The van der Waals surface area contributed by atoms with E-state index in [4.69, 9.17) is 0 Å². The van der Waals surface area contributed by atoms with Crippen LogP contribution in [0.3, 0.4) is 0 Å². The Morgan fingerprint density at radius 2 is 1.92 bits per heavy atom. The summed E-state index contributed by atoms with van der Waals surface area (Å²) < 4.78 is 1.37. The summed E-state index contributed by atoms with van der Waals surface area (Å²) in [4.78, 5) is 32.8. The monoisotopic (exact) mass is 369 g/mol. The molecule has 1 aliphatic carbocycles. The molecule has 6 heteroatoms. The number of aromatic nitrogens is 2. The summed E-state index contributed by atoms with van der Waals surface area (Å²) in [6.07, 6.45) is 1.91. The van der Waals surface area contributed by atoms with Gasteiger partial charge >= 0.3 is 5.69 Å². The maximum atomic E-state index is 13.2. The van der Waals surface area contributed by atoms with Crippen molar-refractivity contribution in [1.82, 2.24) is 14.5 Å². The van der Waals surface area contributed by atoms with Crippen molar-refractivity contribution in [2.45, 2.75) is 33.2 Å². The molecular formula is C20H23N3O2S. The molecule has 0 bridgehead atoms. The van der Waals surface area contributed by atoms with E-state index in [1.807, 2.05) is 12.1 Å². The smallest absolute Gasteiger partial charge is 0.302 e. The normalized spacial score (nSPS) is 13.2. The van der Waals surface area contributed by atoms with Crippen LogP contribution in [0.25, 0.3) is 21.3 Å². The van der Waals surface area contributed by atoms with Gasteiger partial charge in [-0.2, -0.15) is 0 Å². The Morgan fingerprint density at radius 3 is 2.69 bits per heavy atom. The van der Waals surface area contributed by atoms with Gasteiger partial charge in [0.05, 0.1) is 5.39 Å². The van der Waals surface area contributed by atoms with Gasteiger partial charge in [-0.25, -0.2) is 4.79 Å². The number of nitrogens with one attached hydrogen (secondary N) is 1. The highest BCUT2D eigenvalue weighted by molar-refractivity contribution is 7.19. The maximum Gasteiger partial charge on any atom is 0.329 e. The Labute approximate surface area is 155 Å². The lowest BCUT2D eigenvalue weighted by Gasteiger charge is -2.18. The van der Waals surface area contributed by atoms with Gasteiger partial charge in [0.1, 0.15) is 4.83 Å². The fourth-order valence-electron chi connectivity index (χ4n) is 3.84. The molecule has 0 radical (unpaired) electrons. The first kappa shape index (κ1) is 17.2. The number of aromatic amines is 1. The Morgan fingerprint density at radius 1 is 1.15 bits per heavy atom. The number of rotatable bonds is 5. The van der Waals surface area contributed by atoms with Gasteiger partial charge in [-0.3, -0.25) is 14.3 Å². The van der Waals surface area contributed by atoms with Gasteiger partial charge in [0.15, 0.2) is 0 Å². The molecule has 0 fully saturated rings. The maximum absolute atomic E-state index is 13.2. The molecule has 5 nitrogen and oxygen atoms in total. The molecule has 1 N–H and O–H groups in total. The number of aryl methyl sites for hydroxylation is 2. The molecule has 0 saturated heterocycles. The summed E-state index contributed by atoms with van der Waals surface area (Å²) in [5.41, 5.74) is 2.98. The SMILES string of the molecule is CCN(CC)CCn1c(=O)[nH]c2sc3c(c2c1=O)-c1ccccc1CC3. The molecule has 0 unspecified atom stereocenters. The van der Waals surface area contributed by atoms with Crippen LogP contribution in [0.2, 0.25) is 0 Å². The number of hydrogen-bond donors (Lipinski definition) is 1. The molecule has 1 aromatic carbocycles. The number of nitrogens with zero attached hydrogens (tertiary/aromatic N) is 2. The van der Waals surface area contributed by atoms with E-state index in [2.05, 4.69) is 35.9 Å². The fraction of sp³-hybridized carbons (Fsp3) is 0.400. The molecule has 3 aromatic rings. The highest BCUT2D eigenvalue weighted by atomic mass is 32.1. The minimum absolute atomic E-state index is 0.162. The van der Waals surface area contributed by atoms with Crippen LogP contribution in [-0.4, -0.2) is 34.1 Å². The number of benzene rings is 1. The second-order valence-electron chi connectivity index (χ2n) is 6.68. The predicted molar refractivity (Wildman–Crippen MR) is 107 cm³/mol. The first-order valence-corrected chi connectivity index (χ1v) is 10.0. The lowest BCUT2D eigenvalue weighted by atomic mass is 9.89. The molecule has 2 aromatic heterocycles. The lowest BCUT2D eigenvalue weighted by molar-refractivity contribution is 0.287. The summed E-state index contributed by atoms with van der Waals surface area (Å²) in [7, 11) is 0. The van der Waals surface area contributed by atoms with Crippen molar-refractivity contribution in [1.29, 1.82) is 0 Å². The van der Waals surface area contributed by atoms with E-state index in [0.717, 1.165) is 37.1 Å². The van der Waals surface area contributed by atoms with Crippen molar-refractivity contribution < 1.29 is 0 Å². The average Bonchev–Trinajstić information content (AvgIpc) is 3.03.